The molecule has 2 aromatic heterocycles. The van der Waals surface area contributed by atoms with Crippen LogP contribution in [-0.2, 0) is 7.05 Å². The van der Waals surface area contributed by atoms with Crippen LogP contribution in [0.5, 0.6) is 0 Å². The molecule has 0 unspecified atom stereocenters. The second-order valence-corrected chi connectivity index (χ2v) is 3.52. The Kier molecular flexibility index (Phi) is 2.55. The van der Waals surface area contributed by atoms with E-state index in [9.17, 15) is 4.79 Å². The van der Waals surface area contributed by atoms with Crippen LogP contribution in [0.3, 0.4) is 0 Å². The van der Waals surface area contributed by atoms with Crippen LogP contribution in [0.15, 0.2) is 23.2 Å². The van der Waals surface area contributed by atoms with Gasteiger partial charge in [-0.25, -0.2) is 9.67 Å². The Hall–Kier alpha value is -1.63. The zero-order valence-corrected chi connectivity index (χ0v) is 9.34. The Morgan fingerprint density at radius 2 is 2.27 bits per heavy atom. The Morgan fingerprint density at radius 1 is 1.47 bits per heavy atom. The number of ketones is 1. The molecular formula is C8H6BrN5O. The van der Waals surface area contributed by atoms with E-state index in [0.29, 0.717) is 10.3 Å². The second kappa shape index (κ2) is 3.85. The number of hydrogen-bond acceptors (Lipinski definition) is 5. The zero-order valence-electron chi connectivity index (χ0n) is 7.75. The molecule has 6 nitrogen and oxygen atoms in total. The number of rotatable bonds is 2. The molecule has 0 aliphatic rings. The summed E-state index contributed by atoms with van der Waals surface area (Å²) in [4.78, 5) is 19.7. The fourth-order valence-corrected chi connectivity index (χ4v) is 1.62. The van der Waals surface area contributed by atoms with E-state index < -0.39 is 0 Å². The van der Waals surface area contributed by atoms with Crippen molar-refractivity contribution in [3.05, 3.63) is 34.6 Å². The van der Waals surface area contributed by atoms with Crippen molar-refractivity contribution < 1.29 is 4.79 Å². The first-order valence-corrected chi connectivity index (χ1v) is 4.85. The van der Waals surface area contributed by atoms with Crippen LogP contribution in [0.4, 0.5) is 0 Å². The Bertz CT molecular complexity index is 475. The van der Waals surface area contributed by atoms with Crippen molar-refractivity contribution in [2.45, 2.75) is 0 Å². The summed E-state index contributed by atoms with van der Waals surface area (Å²) in [5.74, 6) is -0.262. The van der Waals surface area contributed by atoms with Crippen LogP contribution >= 0.6 is 15.9 Å². The first-order valence-electron chi connectivity index (χ1n) is 4.06. The van der Waals surface area contributed by atoms with Crippen molar-refractivity contribution in [2.75, 3.05) is 0 Å². The lowest BCUT2D eigenvalue weighted by Gasteiger charge is -1.98. The molecule has 0 atom stereocenters. The van der Waals surface area contributed by atoms with Crippen molar-refractivity contribution in [1.29, 1.82) is 0 Å². The fourth-order valence-electron chi connectivity index (χ4n) is 1.11. The largest absolute Gasteiger partial charge is 0.285 e. The molecular weight excluding hydrogens is 262 g/mol. The highest BCUT2D eigenvalue weighted by molar-refractivity contribution is 9.10. The van der Waals surface area contributed by atoms with E-state index in [1.807, 2.05) is 0 Å². The lowest BCUT2D eigenvalue weighted by atomic mass is 10.2. The Labute approximate surface area is 93.5 Å². The van der Waals surface area contributed by atoms with Crippen molar-refractivity contribution in [2.24, 2.45) is 7.05 Å². The minimum atomic E-state index is -0.262. The van der Waals surface area contributed by atoms with Gasteiger partial charge in [0.05, 0.1) is 6.20 Å². The number of carbonyl (C=O) groups is 1. The van der Waals surface area contributed by atoms with E-state index in [1.165, 1.54) is 23.3 Å². The van der Waals surface area contributed by atoms with Gasteiger partial charge in [-0.3, -0.25) is 9.78 Å². The Balaban J connectivity index is 2.46. The molecule has 0 aromatic carbocycles. The number of aryl methyl sites for hydroxylation is 1. The summed E-state index contributed by atoms with van der Waals surface area (Å²) in [6.07, 6.45) is 4.38. The molecule has 0 saturated heterocycles. The second-order valence-electron chi connectivity index (χ2n) is 2.77. The molecule has 0 saturated carbocycles. The SMILES string of the molecule is Cn1nnc(Br)c1C(=O)c1cnccn1. The first-order chi connectivity index (χ1) is 7.20. The number of nitrogens with zero attached hydrogens (tertiary/aromatic N) is 5. The topological polar surface area (TPSA) is 73.6 Å². The summed E-state index contributed by atoms with van der Waals surface area (Å²) >= 11 is 3.15. The minimum Gasteiger partial charge on any atom is -0.285 e. The number of halogens is 1. The van der Waals surface area contributed by atoms with E-state index in [2.05, 4.69) is 36.2 Å². The van der Waals surface area contributed by atoms with E-state index in [4.69, 9.17) is 0 Å². The van der Waals surface area contributed by atoms with Crippen LogP contribution < -0.4 is 0 Å². The molecule has 0 fully saturated rings. The lowest BCUT2D eigenvalue weighted by Crippen LogP contribution is -2.10. The fraction of sp³-hybridized carbons (Fsp3) is 0.125. The summed E-state index contributed by atoms with van der Waals surface area (Å²) in [5, 5.41) is 7.44. The van der Waals surface area contributed by atoms with E-state index in [-0.39, 0.29) is 11.5 Å². The molecule has 0 aliphatic heterocycles. The predicted molar refractivity (Wildman–Crippen MR) is 54.2 cm³/mol. The third-order valence-electron chi connectivity index (χ3n) is 1.80. The molecule has 2 aromatic rings. The maximum atomic E-state index is 11.9. The molecule has 2 rings (SSSR count). The van der Waals surface area contributed by atoms with Gasteiger partial charge in [0.2, 0.25) is 5.78 Å². The summed E-state index contributed by atoms with van der Waals surface area (Å²) in [5.41, 5.74) is 0.624. The molecule has 0 amide bonds. The van der Waals surface area contributed by atoms with Gasteiger partial charge in [0.25, 0.3) is 0 Å². The Morgan fingerprint density at radius 3 is 2.80 bits per heavy atom. The van der Waals surface area contributed by atoms with Crippen molar-refractivity contribution in [3.63, 3.8) is 0 Å². The van der Waals surface area contributed by atoms with Crippen LogP contribution in [0.2, 0.25) is 0 Å². The van der Waals surface area contributed by atoms with Gasteiger partial charge in [-0.1, -0.05) is 5.21 Å². The maximum absolute atomic E-state index is 11.9. The predicted octanol–water partition coefficient (Wildman–Crippen LogP) is 0.599. The van der Waals surface area contributed by atoms with Crippen LogP contribution in [0.1, 0.15) is 16.2 Å². The number of carbonyl (C=O) groups excluding carboxylic acids is 1. The van der Waals surface area contributed by atoms with Crippen molar-refractivity contribution >= 4 is 21.7 Å². The van der Waals surface area contributed by atoms with Crippen molar-refractivity contribution in [3.8, 4) is 0 Å². The number of hydrogen-bond donors (Lipinski definition) is 0. The van der Waals surface area contributed by atoms with Gasteiger partial charge in [0.15, 0.2) is 4.60 Å². The molecule has 15 heavy (non-hydrogen) atoms. The minimum absolute atomic E-state index is 0.262. The van der Waals surface area contributed by atoms with Gasteiger partial charge < -0.3 is 0 Å². The van der Waals surface area contributed by atoms with Gasteiger partial charge in [-0.15, -0.1) is 5.10 Å². The molecule has 7 heteroatoms. The molecule has 0 aliphatic carbocycles. The highest BCUT2D eigenvalue weighted by atomic mass is 79.9. The molecule has 0 spiro atoms. The van der Waals surface area contributed by atoms with Crippen molar-refractivity contribution in [1.82, 2.24) is 25.0 Å². The monoisotopic (exact) mass is 267 g/mol. The quantitative estimate of drug-likeness (QED) is 0.745. The number of aromatic nitrogens is 5. The average Bonchev–Trinajstić information content (AvgIpc) is 2.59. The molecule has 0 radical (unpaired) electrons. The lowest BCUT2D eigenvalue weighted by molar-refractivity contribution is 0.102. The standard InChI is InChI=1S/C8H6BrN5O/c1-14-6(8(9)12-13-14)7(15)5-4-10-2-3-11-5/h2-4H,1H3. The summed E-state index contributed by atoms with van der Waals surface area (Å²) in [6.45, 7) is 0. The smallest absolute Gasteiger partial charge is 0.233 e. The zero-order chi connectivity index (χ0) is 10.8. The highest BCUT2D eigenvalue weighted by Gasteiger charge is 2.19. The molecule has 0 bridgehead atoms. The van der Waals surface area contributed by atoms with Gasteiger partial charge >= 0.3 is 0 Å². The van der Waals surface area contributed by atoms with E-state index in [0.717, 1.165) is 0 Å². The highest BCUT2D eigenvalue weighted by Crippen LogP contribution is 2.14. The summed E-state index contributed by atoms with van der Waals surface area (Å²) < 4.78 is 1.79. The maximum Gasteiger partial charge on any atom is 0.233 e. The summed E-state index contributed by atoms with van der Waals surface area (Å²) in [7, 11) is 1.64. The van der Waals surface area contributed by atoms with Gasteiger partial charge in [0.1, 0.15) is 11.4 Å². The van der Waals surface area contributed by atoms with E-state index >= 15 is 0 Å². The molecule has 76 valence electrons. The van der Waals surface area contributed by atoms with Gasteiger partial charge in [0, 0.05) is 19.4 Å². The average molecular weight is 268 g/mol. The third kappa shape index (κ3) is 1.78. The van der Waals surface area contributed by atoms with Crippen LogP contribution in [0, 0.1) is 0 Å². The normalized spacial score (nSPS) is 10.3. The van der Waals surface area contributed by atoms with Crippen LogP contribution in [-0.4, -0.2) is 30.7 Å². The molecule has 0 N–H and O–H groups in total. The third-order valence-corrected chi connectivity index (χ3v) is 2.33. The summed E-state index contributed by atoms with van der Waals surface area (Å²) in [6, 6.07) is 0. The first kappa shape index (κ1) is 9.91. The van der Waals surface area contributed by atoms with Gasteiger partial charge in [-0.05, 0) is 15.9 Å². The molecule has 2 heterocycles. The van der Waals surface area contributed by atoms with E-state index in [1.54, 1.807) is 7.05 Å². The van der Waals surface area contributed by atoms with Crippen LogP contribution in [0.25, 0.3) is 0 Å². The van der Waals surface area contributed by atoms with Gasteiger partial charge in [-0.2, -0.15) is 0 Å².